The molecule has 0 fully saturated rings. The minimum absolute atomic E-state index is 0.0234. The van der Waals surface area contributed by atoms with E-state index in [0.29, 0.717) is 0 Å². The van der Waals surface area contributed by atoms with Gasteiger partial charge in [-0.1, -0.05) is 13.8 Å². The molecular weight excluding hydrogens is 424 g/mol. The molecule has 0 saturated heterocycles. The number of nitrogens with one attached hydrogen (secondary N) is 2. The lowest BCUT2D eigenvalue weighted by Crippen LogP contribution is -2.43. The van der Waals surface area contributed by atoms with Crippen molar-refractivity contribution >= 4 is 35.0 Å². The van der Waals surface area contributed by atoms with Crippen LogP contribution >= 0.6 is 0 Å². The topological polar surface area (TPSA) is 87.7 Å². The third-order valence-electron chi connectivity index (χ3n) is 3.35. The number of nitrogens with zero attached hydrogens (tertiary/aromatic N) is 1. The van der Waals surface area contributed by atoms with Gasteiger partial charge in [0.1, 0.15) is 0 Å². The first-order valence-electron chi connectivity index (χ1n) is 8.51. The molecule has 0 aliphatic rings. The number of hydrogen-bond acceptors (Lipinski definition) is 4. The lowest BCUT2D eigenvalue weighted by Gasteiger charge is -2.28. The first-order valence-corrected chi connectivity index (χ1v) is 8.51. The van der Waals surface area contributed by atoms with Gasteiger partial charge in [0.2, 0.25) is 0 Å². The summed E-state index contributed by atoms with van der Waals surface area (Å²) in [5.74, 6) is -5.32. The fourth-order valence-electron chi connectivity index (χ4n) is 2.23. The summed E-state index contributed by atoms with van der Waals surface area (Å²) >= 11 is 0. The average molecular weight is 443 g/mol. The molecule has 0 aromatic heterocycles. The van der Waals surface area contributed by atoms with E-state index in [-0.39, 0.29) is 17.2 Å². The van der Waals surface area contributed by atoms with Gasteiger partial charge in [-0.25, -0.2) is 4.79 Å². The molecule has 0 heterocycles. The summed E-state index contributed by atoms with van der Waals surface area (Å²) in [5.41, 5.74) is -1.56. The van der Waals surface area contributed by atoms with Gasteiger partial charge in [-0.3, -0.25) is 14.9 Å². The van der Waals surface area contributed by atoms with Gasteiger partial charge in [0.15, 0.2) is 0 Å². The maximum Gasteiger partial charge on any atom is 0.471 e. The monoisotopic (exact) mass is 443 g/mol. The van der Waals surface area contributed by atoms with Crippen molar-refractivity contribution < 1.29 is 45.5 Å². The zero-order valence-electron chi connectivity index (χ0n) is 16.1. The van der Waals surface area contributed by atoms with Crippen LogP contribution in [0.4, 0.5) is 48.2 Å². The highest BCUT2D eigenvalue weighted by Gasteiger charge is 2.44. The van der Waals surface area contributed by atoms with Crippen molar-refractivity contribution in [3.63, 3.8) is 0 Å². The van der Waals surface area contributed by atoms with E-state index < -0.39 is 54.1 Å². The van der Waals surface area contributed by atoms with Gasteiger partial charge in [-0.05, 0) is 31.0 Å². The summed E-state index contributed by atoms with van der Waals surface area (Å²) in [6.07, 6.45) is -11.6. The molecule has 168 valence electrons. The lowest BCUT2D eigenvalue weighted by atomic mass is 10.1. The maximum atomic E-state index is 13.1. The van der Waals surface area contributed by atoms with Crippen molar-refractivity contribution in [3.05, 3.63) is 18.2 Å². The van der Waals surface area contributed by atoms with E-state index in [1.54, 1.807) is 0 Å². The number of hydrogen-bond donors (Lipinski definition) is 2. The molecule has 1 aromatic carbocycles. The van der Waals surface area contributed by atoms with Crippen LogP contribution in [0.3, 0.4) is 0 Å². The van der Waals surface area contributed by atoms with Gasteiger partial charge in [-0.2, -0.15) is 26.3 Å². The molecule has 13 heteroatoms. The molecule has 0 unspecified atom stereocenters. The van der Waals surface area contributed by atoms with Crippen LogP contribution in [0, 0.1) is 5.92 Å². The molecule has 1 aromatic rings. The Morgan fingerprint density at radius 1 is 1.03 bits per heavy atom. The number of alkyl halides is 6. The standard InChI is InChI=1S/C17H19F6N3O4/c1-4-30-15(29)24-10-5-6-11(25-13(27)16(18,19)20)12(7-10)26(8-9(2)3)14(28)17(21,22)23/h5-7,9H,4,8H2,1-3H3,(H,24,29)(H,25,27). The van der Waals surface area contributed by atoms with E-state index in [9.17, 15) is 40.7 Å². The summed E-state index contributed by atoms with van der Waals surface area (Å²) in [4.78, 5) is 35.0. The maximum absolute atomic E-state index is 13.1. The smallest absolute Gasteiger partial charge is 0.450 e. The Morgan fingerprint density at radius 2 is 1.63 bits per heavy atom. The van der Waals surface area contributed by atoms with Gasteiger partial charge in [0, 0.05) is 12.2 Å². The van der Waals surface area contributed by atoms with Crippen LogP contribution in [0.15, 0.2) is 18.2 Å². The number of anilines is 3. The number of carbonyl (C=O) groups excluding carboxylic acids is 3. The molecule has 0 spiro atoms. The fraction of sp³-hybridized carbons (Fsp3) is 0.471. The minimum atomic E-state index is -5.34. The van der Waals surface area contributed by atoms with E-state index in [4.69, 9.17) is 0 Å². The highest BCUT2D eigenvalue weighted by Crippen LogP contribution is 2.34. The molecule has 0 aliphatic carbocycles. The number of ether oxygens (including phenoxy) is 1. The molecule has 0 bridgehead atoms. The molecule has 0 aliphatic heterocycles. The van der Waals surface area contributed by atoms with Crippen LogP contribution in [-0.4, -0.2) is 43.4 Å². The number of rotatable bonds is 6. The number of carbonyl (C=O) groups is 3. The minimum Gasteiger partial charge on any atom is -0.450 e. The van der Waals surface area contributed by atoms with Crippen LogP contribution in [0.5, 0.6) is 0 Å². The summed E-state index contributed by atoms with van der Waals surface area (Å²) in [7, 11) is 0. The third kappa shape index (κ3) is 7.12. The van der Waals surface area contributed by atoms with Crippen molar-refractivity contribution in [2.24, 2.45) is 5.92 Å². The van der Waals surface area contributed by atoms with Gasteiger partial charge in [-0.15, -0.1) is 0 Å². The zero-order chi connectivity index (χ0) is 23.3. The highest BCUT2D eigenvalue weighted by atomic mass is 19.4. The molecule has 1 rings (SSSR count). The number of amides is 3. The second-order valence-electron chi connectivity index (χ2n) is 6.34. The largest absolute Gasteiger partial charge is 0.471 e. The van der Waals surface area contributed by atoms with Gasteiger partial charge in [0.05, 0.1) is 18.0 Å². The first-order chi connectivity index (χ1) is 13.7. The normalized spacial score (nSPS) is 11.8. The molecular formula is C17H19F6N3O4. The van der Waals surface area contributed by atoms with Gasteiger partial charge >= 0.3 is 30.3 Å². The predicted molar refractivity (Wildman–Crippen MR) is 95.0 cm³/mol. The Hall–Kier alpha value is -2.99. The van der Waals surface area contributed by atoms with Gasteiger partial charge in [0.25, 0.3) is 0 Å². The van der Waals surface area contributed by atoms with E-state index in [1.165, 1.54) is 26.1 Å². The quantitative estimate of drug-likeness (QED) is 0.642. The summed E-state index contributed by atoms with van der Waals surface area (Å²) in [6.45, 7) is 3.89. The fourth-order valence-corrected chi connectivity index (χ4v) is 2.23. The SMILES string of the molecule is CCOC(=O)Nc1ccc(NC(=O)C(F)(F)F)c(N(CC(C)C)C(=O)C(F)(F)F)c1. The predicted octanol–water partition coefficient (Wildman–Crippen LogP) is 4.31. The van der Waals surface area contributed by atoms with Crippen LogP contribution in [0.25, 0.3) is 0 Å². The van der Waals surface area contributed by atoms with Crippen molar-refractivity contribution in [2.45, 2.75) is 33.1 Å². The number of halogens is 6. The molecule has 0 radical (unpaired) electrons. The van der Waals surface area contributed by atoms with Crippen LogP contribution in [0.1, 0.15) is 20.8 Å². The third-order valence-corrected chi connectivity index (χ3v) is 3.35. The van der Waals surface area contributed by atoms with Crippen molar-refractivity contribution in [1.29, 1.82) is 0 Å². The summed E-state index contributed by atoms with van der Waals surface area (Å²) < 4.78 is 81.7. The number of benzene rings is 1. The van der Waals surface area contributed by atoms with E-state index in [0.717, 1.165) is 18.2 Å². The second kappa shape index (κ2) is 9.67. The van der Waals surface area contributed by atoms with E-state index >= 15 is 0 Å². The molecule has 2 N–H and O–H groups in total. The van der Waals surface area contributed by atoms with Crippen LogP contribution in [-0.2, 0) is 14.3 Å². The molecule has 3 amide bonds. The Morgan fingerprint density at radius 3 is 2.10 bits per heavy atom. The Labute approximate surface area is 167 Å². The first kappa shape index (κ1) is 25.0. The lowest BCUT2D eigenvalue weighted by molar-refractivity contribution is -0.170. The zero-order valence-corrected chi connectivity index (χ0v) is 16.1. The Balaban J connectivity index is 3.52. The average Bonchev–Trinajstić information content (AvgIpc) is 2.58. The van der Waals surface area contributed by atoms with Crippen molar-refractivity contribution in [2.75, 3.05) is 28.7 Å². The van der Waals surface area contributed by atoms with E-state index in [2.05, 4.69) is 10.1 Å². The second-order valence-corrected chi connectivity index (χ2v) is 6.34. The Kier molecular flexibility index (Phi) is 8.08. The van der Waals surface area contributed by atoms with Crippen LogP contribution < -0.4 is 15.5 Å². The van der Waals surface area contributed by atoms with Crippen molar-refractivity contribution in [1.82, 2.24) is 0 Å². The molecule has 7 nitrogen and oxygen atoms in total. The van der Waals surface area contributed by atoms with Crippen LogP contribution in [0.2, 0.25) is 0 Å². The summed E-state index contributed by atoms with van der Waals surface area (Å²) in [6, 6.07) is 2.68. The highest BCUT2D eigenvalue weighted by molar-refractivity contribution is 6.05. The molecule has 30 heavy (non-hydrogen) atoms. The Bertz CT molecular complexity index is 793. The van der Waals surface area contributed by atoms with Crippen molar-refractivity contribution in [3.8, 4) is 0 Å². The van der Waals surface area contributed by atoms with Gasteiger partial charge < -0.3 is 15.0 Å². The van der Waals surface area contributed by atoms with E-state index in [1.807, 2.05) is 0 Å². The molecule has 0 atom stereocenters. The summed E-state index contributed by atoms with van der Waals surface area (Å²) in [5, 5.41) is 3.61. The molecule has 0 saturated carbocycles.